The van der Waals surface area contributed by atoms with Crippen molar-refractivity contribution in [3.63, 3.8) is 0 Å². The first-order chi connectivity index (χ1) is 13.6. The Morgan fingerprint density at radius 3 is 2.86 bits per heavy atom. The maximum Gasteiger partial charge on any atom is 0.235 e. The van der Waals surface area contributed by atoms with Gasteiger partial charge in [0.2, 0.25) is 5.88 Å². The maximum absolute atomic E-state index is 13.8. The molecule has 2 heterocycles. The van der Waals surface area contributed by atoms with E-state index in [0.29, 0.717) is 18.8 Å². The van der Waals surface area contributed by atoms with Gasteiger partial charge in [0, 0.05) is 37.9 Å². The van der Waals surface area contributed by atoms with Crippen molar-refractivity contribution in [1.29, 1.82) is 0 Å². The summed E-state index contributed by atoms with van der Waals surface area (Å²) in [6, 6.07) is 4.99. The number of likely N-dealkylation sites (tertiary alicyclic amines) is 1. The number of rotatable bonds is 6. The highest BCUT2D eigenvalue weighted by Gasteiger charge is 2.30. The molecular formula is C22H25F2N3O. The van der Waals surface area contributed by atoms with Gasteiger partial charge in [0.1, 0.15) is 17.7 Å². The molecule has 2 aliphatic rings. The highest BCUT2D eigenvalue weighted by Crippen LogP contribution is 2.44. The maximum atomic E-state index is 13.8. The Morgan fingerprint density at radius 1 is 1.29 bits per heavy atom. The van der Waals surface area contributed by atoms with Gasteiger partial charge < -0.3 is 9.64 Å². The smallest absolute Gasteiger partial charge is 0.235 e. The largest absolute Gasteiger partial charge is 0.480 e. The molecule has 1 aromatic carbocycles. The number of halogens is 2. The number of alkyl halides is 1. The summed E-state index contributed by atoms with van der Waals surface area (Å²) in [5, 5.41) is 0. The van der Waals surface area contributed by atoms with Crippen LogP contribution in [0.25, 0.3) is 5.57 Å². The van der Waals surface area contributed by atoms with E-state index in [4.69, 9.17) is 4.74 Å². The number of hydrogen-bond acceptors (Lipinski definition) is 4. The molecule has 0 spiro atoms. The molecule has 6 heteroatoms. The Kier molecular flexibility index (Phi) is 5.40. The predicted octanol–water partition coefficient (Wildman–Crippen LogP) is 4.17. The van der Waals surface area contributed by atoms with Crippen LogP contribution in [0.5, 0.6) is 5.88 Å². The van der Waals surface area contributed by atoms with Crippen molar-refractivity contribution in [2.75, 3.05) is 26.7 Å². The van der Waals surface area contributed by atoms with Crippen LogP contribution in [-0.4, -0.2) is 47.8 Å². The standard InChI is InChI=1S/C22H25F2N3O/c1-14(21-22(28-2)26-8-7-25-21)20-15(5-9-27-10-6-18(24)13-27)11-16-12-17(23)3-4-19(16)20/h3-4,7-8,12,14,18H,5-6,9-11,13H2,1-2H3. The van der Waals surface area contributed by atoms with Gasteiger partial charge in [0.05, 0.1) is 7.11 Å². The molecule has 28 heavy (non-hydrogen) atoms. The molecule has 0 N–H and O–H groups in total. The Labute approximate surface area is 164 Å². The van der Waals surface area contributed by atoms with E-state index in [1.165, 1.54) is 17.2 Å². The molecule has 1 aromatic heterocycles. The highest BCUT2D eigenvalue weighted by molar-refractivity contribution is 5.80. The number of nitrogens with zero attached hydrogens (tertiary/aromatic N) is 3. The Balaban J connectivity index is 1.67. The van der Waals surface area contributed by atoms with Gasteiger partial charge in [-0.3, -0.25) is 4.98 Å². The van der Waals surface area contributed by atoms with Crippen LogP contribution in [0.1, 0.15) is 42.5 Å². The van der Waals surface area contributed by atoms with E-state index >= 15 is 0 Å². The lowest BCUT2D eigenvalue weighted by Crippen LogP contribution is -2.22. The third kappa shape index (κ3) is 3.65. The molecule has 1 aliphatic heterocycles. The summed E-state index contributed by atoms with van der Waals surface area (Å²) in [4.78, 5) is 11.0. The van der Waals surface area contributed by atoms with Gasteiger partial charge in [-0.15, -0.1) is 0 Å². The lowest BCUT2D eigenvalue weighted by Gasteiger charge is -2.20. The van der Waals surface area contributed by atoms with Gasteiger partial charge in [0.15, 0.2) is 0 Å². The van der Waals surface area contributed by atoms with Crippen molar-refractivity contribution in [3.05, 3.63) is 58.8 Å². The molecule has 4 rings (SSSR count). The third-order valence-corrected chi connectivity index (χ3v) is 5.81. The summed E-state index contributed by atoms with van der Waals surface area (Å²) in [5.41, 5.74) is 5.29. The third-order valence-electron chi connectivity index (χ3n) is 5.81. The number of methoxy groups -OCH3 is 1. The van der Waals surface area contributed by atoms with Crippen LogP contribution in [0.15, 0.2) is 36.2 Å². The van der Waals surface area contributed by atoms with Gasteiger partial charge in [-0.2, -0.15) is 0 Å². The number of allylic oxidation sites excluding steroid dienone is 1. The zero-order valence-corrected chi connectivity index (χ0v) is 16.3. The van der Waals surface area contributed by atoms with Crippen LogP contribution >= 0.6 is 0 Å². The first-order valence-electron chi connectivity index (χ1n) is 9.79. The lowest BCUT2D eigenvalue weighted by molar-refractivity contribution is 0.290. The normalized spacial score (nSPS) is 20.5. The lowest BCUT2D eigenvalue weighted by atomic mass is 9.90. The average molecular weight is 385 g/mol. The van der Waals surface area contributed by atoms with E-state index in [1.807, 2.05) is 6.07 Å². The van der Waals surface area contributed by atoms with Crippen molar-refractivity contribution in [2.24, 2.45) is 0 Å². The van der Waals surface area contributed by atoms with Crippen molar-refractivity contribution < 1.29 is 13.5 Å². The average Bonchev–Trinajstić information content (AvgIpc) is 3.28. The molecule has 1 aliphatic carbocycles. The van der Waals surface area contributed by atoms with Crippen LogP contribution in [0.2, 0.25) is 0 Å². The molecule has 148 valence electrons. The molecule has 0 saturated carbocycles. The Morgan fingerprint density at radius 2 is 2.11 bits per heavy atom. The van der Waals surface area contributed by atoms with Crippen molar-refractivity contribution in [1.82, 2.24) is 14.9 Å². The van der Waals surface area contributed by atoms with Gasteiger partial charge in [0.25, 0.3) is 0 Å². The van der Waals surface area contributed by atoms with E-state index in [9.17, 15) is 8.78 Å². The fourth-order valence-corrected chi connectivity index (χ4v) is 4.46. The van der Waals surface area contributed by atoms with E-state index in [2.05, 4.69) is 21.8 Å². The predicted molar refractivity (Wildman–Crippen MR) is 105 cm³/mol. The van der Waals surface area contributed by atoms with E-state index in [-0.39, 0.29) is 11.7 Å². The Bertz CT molecular complexity index is 899. The topological polar surface area (TPSA) is 38.3 Å². The number of ether oxygens (including phenoxy) is 1. The molecule has 2 atom stereocenters. The summed E-state index contributed by atoms with van der Waals surface area (Å²) in [6.45, 7) is 4.23. The zero-order valence-electron chi connectivity index (χ0n) is 16.3. The second-order valence-electron chi connectivity index (χ2n) is 7.60. The van der Waals surface area contributed by atoms with Crippen LogP contribution in [0.4, 0.5) is 8.78 Å². The van der Waals surface area contributed by atoms with Gasteiger partial charge in [-0.25, -0.2) is 13.8 Å². The minimum Gasteiger partial charge on any atom is -0.480 e. The highest BCUT2D eigenvalue weighted by atomic mass is 19.1. The first-order valence-corrected chi connectivity index (χ1v) is 9.79. The monoisotopic (exact) mass is 385 g/mol. The number of aromatic nitrogens is 2. The summed E-state index contributed by atoms with van der Waals surface area (Å²) < 4.78 is 32.8. The number of benzene rings is 1. The summed E-state index contributed by atoms with van der Waals surface area (Å²) in [5.74, 6) is 0.263. The fourth-order valence-electron chi connectivity index (χ4n) is 4.46. The zero-order chi connectivity index (χ0) is 19.7. The molecule has 4 nitrogen and oxygen atoms in total. The molecule has 0 radical (unpaired) electrons. The van der Waals surface area contributed by atoms with Crippen molar-refractivity contribution in [2.45, 2.75) is 38.3 Å². The summed E-state index contributed by atoms with van der Waals surface area (Å²) >= 11 is 0. The van der Waals surface area contributed by atoms with Gasteiger partial charge in [-0.1, -0.05) is 18.6 Å². The van der Waals surface area contributed by atoms with Crippen molar-refractivity contribution >= 4 is 5.57 Å². The SMILES string of the molecule is COc1nccnc1C(C)C1=C(CCN2CCC(F)C2)Cc2cc(F)ccc21. The molecule has 0 bridgehead atoms. The van der Waals surface area contributed by atoms with Gasteiger partial charge >= 0.3 is 0 Å². The molecule has 2 aromatic rings. The quantitative estimate of drug-likeness (QED) is 0.748. The molecule has 1 fully saturated rings. The first kappa shape index (κ1) is 19.0. The number of fused-ring (bicyclic) bond motifs is 1. The minimum atomic E-state index is -0.717. The summed E-state index contributed by atoms with van der Waals surface area (Å²) in [7, 11) is 1.59. The molecule has 1 saturated heterocycles. The molecule has 0 amide bonds. The molecule has 2 unspecified atom stereocenters. The van der Waals surface area contributed by atoms with Gasteiger partial charge in [-0.05, 0) is 48.1 Å². The van der Waals surface area contributed by atoms with Crippen LogP contribution in [0, 0.1) is 5.82 Å². The van der Waals surface area contributed by atoms with Crippen LogP contribution in [-0.2, 0) is 6.42 Å². The molecular weight excluding hydrogens is 360 g/mol. The van der Waals surface area contributed by atoms with E-state index in [1.54, 1.807) is 25.6 Å². The van der Waals surface area contributed by atoms with Crippen LogP contribution < -0.4 is 4.74 Å². The second kappa shape index (κ2) is 7.95. The van der Waals surface area contributed by atoms with E-state index in [0.717, 1.165) is 42.8 Å². The van der Waals surface area contributed by atoms with Crippen molar-refractivity contribution in [3.8, 4) is 5.88 Å². The second-order valence-corrected chi connectivity index (χ2v) is 7.60. The van der Waals surface area contributed by atoms with E-state index < -0.39 is 6.17 Å². The summed E-state index contributed by atoms with van der Waals surface area (Å²) in [6.07, 6.45) is 4.74. The Hall–Kier alpha value is -2.34. The number of hydrogen-bond donors (Lipinski definition) is 0. The minimum absolute atomic E-state index is 0.0298. The van der Waals surface area contributed by atoms with Crippen LogP contribution in [0.3, 0.4) is 0 Å². The fraction of sp³-hybridized carbons (Fsp3) is 0.455.